The van der Waals surface area contributed by atoms with Crippen molar-refractivity contribution in [3.63, 3.8) is 0 Å². The van der Waals surface area contributed by atoms with Crippen molar-refractivity contribution in [3.8, 4) is 23.3 Å². The van der Waals surface area contributed by atoms with E-state index < -0.39 is 0 Å². The third-order valence-corrected chi connectivity index (χ3v) is 3.91. The number of benzene rings is 1. The number of hydrogen-bond donors (Lipinski definition) is 1. The van der Waals surface area contributed by atoms with Gasteiger partial charge in [0, 0.05) is 17.9 Å². The van der Waals surface area contributed by atoms with E-state index in [0.29, 0.717) is 25.3 Å². The summed E-state index contributed by atoms with van der Waals surface area (Å²) in [7, 11) is 0. The summed E-state index contributed by atoms with van der Waals surface area (Å²) in [4.78, 5) is 0. The first kappa shape index (κ1) is 13.1. The van der Waals surface area contributed by atoms with Gasteiger partial charge in [-0.1, -0.05) is 0 Å². The Morgan fingerprint density at radius 3 is 2.70 bits per heavy atom. The molecule has 0 atom stereocenters. The molecule has 0 spiro atoms. The van der Waals surface area contributed by atoms with Crippen molar-refractivity contribution < 1.29 is 14.2 Å². The Morgan fingerprint density at radius 2 is 2.05 bits per heavy atom. The Hall–Kier alpha value is -1.93. The Balaban J connectivity index is 1.76. The van der Waals surface area contributed by atoms with Crippen LogP contribution in [0.5, 0.6) is 17.2 Å². The van der Waals surface area contributed by atoms with Crippen LogP contribution in [0.15, 0.2) is 12.1 Å². The second-order valence-electron chi connectivity index (χ2n) is 5.48. The fraction of sp³-hybridized carbons (Fsp3) is 0.533. The number of nitrogens with zero attached hydrogens (tertiary/aromatic N) is 1. The van der Waals surface area contributed by atoms with Crippen molar-refractivity contribution >= 4 is 0 Å². The van der Waals surface area contributed by atoms with E-state index in [1.54, 1.807) is 0 Å². The fourth-order valence-corrected chi connectivity index (χ4v) is 2.40. The molecule has 0 unspecified atom stereocenters. The molecule has 20 heavy (non-hydrogen) atoms. The highest BCUT2D eigenvalue weighted by Gasteiger charge is 2.43. The summed E-state index contributed by atoms with van der Waals surface area (Å²) in [6, 6.07) is 6.05. The van der Waals surface area contributed by atoms with Crippen LogP contribution in [0.2, 0.25) is 0 Å². The number of ether oxygens (including phenoxy) is 3. The lowest BCUT2D eigenvalue weighted by Gasteiger charge is -2.16. The minimum absolute atomic E-state index is 0.0606. The summed E-state index contributed by atoms with van der Waals surface area (Å²) in [5.74, 6) is 2.26. The summed E-state index contributed by atoms with van der Waals surface area (Å²) >= 11 is 0. The average molecular weight is 274 g/mol. The highest BCUT2D eigenvalue weighted by Crippen LogP contribution is 2.49. The standard InChI is InChI=1S/C15H18N2O3/c16-5-1-11-7-13-14(20-10-19-13)8-12(11)18-9-15(2-3-15)4-6-17/h7-8H,1-5,9-10,16H2. The van der Waals surface area contributed by atoms with Crippen LogP contribution < -0.4 is 19.9 Å². The average Bonchev–Trinajstić information content (AvgIpc) is 3.05. The monoisotopic (exact) mass is 274 g/mol. The fourth-order valence-electron chi connectivity index (χ4n) is 2.40. The van der Waals surface area contributed by atoms with Crippen molar-refractivity contribution in [2.45, 2.75) is 25.7 Å². The molecule has 1 saturated carbocycles. The third-order valence-electron chi connectivity index (χ3n) is 3.91. The largest absolute Gasteiger partial charge is 0.493 e. The van der Waals surface area contributed by atoms with Crippen LogP contribution >= 0.6 is 0 Å². The molecule has 1 aromatic carbocycles. The molecule has 1 heterocycles. The molecule has 1 aliphatic heterocycles. The van der Waals surface area contributed by atoms with E-state index in [-0.39, 0.29) is 12.2 Å². The van der Waals surface area contributed by atoms with Crippen LogP contribution in [0.1, 0.15) is 24.8 Å². The Kier molecular flexibility index (Phi) is 3.41. The van der Waals surface area contributed by atoms with Gasteiger partial charge in [-0.25, -0.2) is 0 Å². The number of fused-ring (bicyclic) bond motifs is 1. The van der Waals surface area contributed by atoms with E-state index in [9.17, 15) is 0 Å². The first-order chi connectivity index (χ1) is 9.76. The highest BCUT2D eigenvalue weighted by molar-refractivity contribution is 5.52. The van der Waals surface area contributed by atoms with Gasteiger partial charge in [0.15, 0.2) is 11.5 Å². The van der Waals surface area contributed by atoms with Gasteiger partial charge in [0.2, 0.25) is 6.79 Å². The topological polar surface area (TPSA) is 77.5 Å². The predicted molar refractivity (Wildman–Crippen MR) is 72.7 cm³/mol. The van der Waals surface area contributed by atoms with Gasteiger partial charge in [-0.2, -0.15) is 5.26 Å². The summed E-state index contributed by atoms with van der Waals surface area (Å²) in [6.07, 6.45) is 3.43. The molecule has 1 aliphatic carbocycles. The van der Waals surface area contributed by atoms with Crippen LogP contribution in [0.3, 0.4) is 0 Å². The first-order valence-electron chi connectivity index (χ1n) is 6.89. The van der Waals surface area contributed by atoms with Crippen LogP contribution in [0.4, 0.5) is 0 Å². The van der Waals surface area contributed by atoms with E-state index in [1.807, 2.05) is 12.1 Å². The molecular formula is C15H18N2O3. The smallest absolute Gasteiger partial charge is 0.231 e. The minimum Gasteiger partial charge on any atom is -0.493 e. The van der Waals surface area contributed by atoms with Gasteiger partial charge in [0.25, 0.3) is 0 Å². The van der Waals surface area contributed by atoms with E-state index in [1.165, 1.54) is 0 Å². The zero-order valence-electron chi connectivity index (χ0n) is 11.4. The lowest BCUT2D eigenvalue weighted by molar-refractivity contribution is 0.173. The Labute approximate surface area is 118 Å². The zero-order valence-corrected chi connectivity index (χ0v) is 11.4. The molecular weight excluding hydrogens is 256 g/mol. The molecule has 0 radical (unpaired) electrons. The SMILES string of the molecule is N#CCC1(COc2cc3c(cc2CCN)OCO3)CC1. The maximum absolute atomic E-state index is 8.85. The molecule has 106 valence electrons. The molecule has 5 heteroatoms. The Bertz CT molecular complexity index is 547. The molecule has 0 saturated heterocycles. The van der Waals surface area contributed by atoms with E-state index in [2.05, 4.69) is 6.07 Å². The van der Waals surface area contributed by atoms with Gasteiger partial charge in [0.1, 0.15) is 5.75 Å². The normalized spacial score (nSPS) is 17.6. The van der Waals surface area contributed by atoms with E-state index >= 15 is 0 Å². The predicted octanol–water partition coefficient (Wildman–Crippen LogP) is 1.99. The summed E-state index contributed by atoms with van der Waals surface area (Å²) < 4.78 is 16.7. The molecule has 0 aromatic heterocycles. The van der Waals surface area contributed by atoms with E-state index in [4.69, 9.17) is 25.2 Å². The van der Waals surface area contributed by atoms with Crippen molar-refractivity contribution in [1.29, 1.82) is 5.26 Å². The van der Waals surface area contributed by atoms with Gasteiger partial charge in [-0.3, -0.25) is 0 Å². The molecule has 2 aliphatic rings. The molecule has 0 bridgehead atoms. The maximum atomic E-state index is 8.85. The van der Waals surface area contributed by atoms with Crippen LogP contribution in [-0.2, 0) is 6.42 Å². The quantitative estimate of drug-likeness (QED) is 0.858. The van der Waals surface area contributed by atoms with Crippen molar-refractivity contribution in [1.82, 2.24) is 0 Å². The van der Waals surface area contributed by atoms with E-state index in [0.717, 1.165) is 36.3 Å². The summed E-state index contributed by atoms with van der Waals surface area (Å²) in [5.41, 5.74) is 6.74. The number of nitrogens with two attached hydrogens (primary N) is 1. The molecule has 3 rings (SSSR count). The molecule has 2 N–H and O–H groups in total. The third kappa shape index (κ3) is 2.52. The second-order valence-corrected chi connectivity index (χ2v) is 5.48. The van der Waals surface area contributed by atoms with Gasteiger partial charge >= 0.3 is 0 Å². The number of nitriles is 1. The molecule has 1 fully saturated rings. The van der Waals surface area contributed by atoms with Crippen LogP contribution in [0.25, 0.3) is 0 Å². The van der Waals surface area contributed by atoms with Crippen molar-refractivity contribution in [2.75, 3.05) is 19.9 Å². The maximum Gasteiger partial charge on any atom is 0.231 e. The number of hydrogen-bond acceptors (Lipinski definition) is 5. The van der Waals surface area contributed by atoms with Crippen LogP contribution in [0, 0.1) is 16.7 Å². The van der Waals surface area contributed by atoms with Crippen LogP contribution in [-0.4, -0.2) is 19.9 Å². The van der Waals surface area contributed by atoms with Crippen molar-refractivity contribution in [2.24, 2.45) is 11.1 Å². The zero-order chi connectivity index (χ0) is 14.0. The first-order valence-corrected chi connectivity index (χ1v) is 6.89. The summed E-state index contributed by atoms with van der Waals surface area (Å²) in [6.45, 7) is 1.39. The Morgan fingerprint density at radius 1 is 1.30 bits per heavy atom. The van der Waals surface area contributed by atoms with Gasteiger partial charge in [0.05, 0.1) is 12.7 Å². The minimum atomic E-state index is 0.0606. The lowest BCUT2D eigenvalue weighted by atomic mass is 10.1. The molecule has 5 nitrogen and oxygen atoms in total. The highest BCUT2D eigenvalue weighted by atomic mass is 16.7. The summed E-state index contributed by atoms with van der Waals surface area (Å²) in [5, 5.41) is 8.85. The lowest BCUT2D eigenvalue weighted by Crippen LogP contribution is -2.14. The van der Waals surface area contributed by atoms with Gasteiger partial charge in [-0.15, -0.1) is 0 Å². The van der Waals surface area contributed by atoms with Gasteiger partial charge in [-0.05, 0) is 37.4 Å². The molecule has 1 aromatic rings. The molecule has 0 amide bonds. The van der Waals surface area contributed by atoms with Crippen molar-refractivity contribution in [3.05, 3.63) is 17.7 Å². The number of rotatable bonds is 6. The second kappa shape index (κ2) is 5.22. The van der Waals surface area contributed by atoms with Gasteiger partial charge < -0.3 is 19.9 Å².